The largest absolute Gasteiger partial charge is 0.324 e. The highest BCUT2D eigenvalue weighted by atomic mass is 16.2. The normalized spacial score (nSPS) is 15.7. The van der Waals surface area contributed by atoms with E-state index in [9.17, 15) is 14.4 Å². The molecule has 0 saturated heterocycles. The predicted octanol–water partition coefficient (Wildman–Crippen LogP) is 3.34. The Hall–Kier alpha value is -2.95. The van der Waals surface area contributed by atoms with Crippen LogP contribution in [-0.2, 0) is 4.79 Å². The first-order valence-corrected chi connectivity index (χ1v) is 8.37. The van der Waals surface area contributed by atoms with Crippen molar-refractivity contribution in [2.45, 2.75) is 26.3 Å². The zero-order valence-electron chi connectivity index (χ0n) is 14.2. The second kappa shape index (κ2) is 6.89. The van der Waals surface area contributed by atoms with Gasteiger partial charge in [0, 0.05) is 5.69 Å². The fourth-order valence-electron chi connectivity index (χ4n) is 3.05. The van der Waals surface area contributed by atoms with Gasteiger partial charge in [-0.15, -0.1) is 0 Å². The summed E-state index contributed by atoms with van der Waals surface area (Å²) in [4.78, 5) is 39.5. The van der Waals surface area contributed by atoms with Gasteiger partial charge in [-0.1, -0.05) is 50.6 Å². The molecule has 2 aromatic rings. The van der Waals surface area contributed by atoms with Gasteiger partial charge in [0.25, 0.3) is 11.8 Å². The summed E-state index contributed by atoms with van der Waals surface area (Å²) in [6.07, 6.45) is 0.667. The Balaban J connectivity index is 1.93. The van der Waals surface area contributed by atoms with Crippen LogP contribution in [0.5, 0.6) is 0 Å². The number of fused-ring (bicyclic) bond motifs is 1. The first kappa shape index (κ1) is 16.9. The van der Waals surface area contributed by atoms with E-state index in [-0.39, 0.29) is 11.8 Å². The smallest absolute Gasteiger partial charge is 0.262 e. The fraction of sp³-hybridized carbons (Fsp3) is 0.250. The van der Waals surface area contributed by atoms with Crippen LogP contribution in [0.4, 0.5) is 5.69 Å². The van der Waals surface area contributed by atoms with Crippen molar-refractivity contribution in [3.8, 4) is 0 Å². The maximum atomic E-state index is 12.9. The van der Waals surface area contributed by atoms with E-state index in [2.05, 4.69) is 5.32 Å². The van der Waals surface area contributed by atoms with Crippen LogP contribution < -0.4 is 5.32 Å². The van der Waals surface area contributed by atoms with Crippen LogP contribution in [0, 0.1) is 5.92 Å². The van der Waals surface area contributed by atoms with E-state index in [0.717, 1.165) is 4.90 Å². The molecule has 3 amide bonds. The van der Waals surface area contributed by atoms with Crippen molar-refractivity contribution in [3.63, 3.8) is 0 Å². The van der Waals surface area contributed by atoms with Crippen molar-refractivity contribution in [2.24, 2.45) is 5.92 Å². The molecule has 5 heteroatoms. The van der Waals surface area contributed by atoms with Gasteiger partial charge in [0.1, 0.15) is 6.04 Å². The molecular weight excluding hydrogens is 316 g/mol. The van der Waals surface area contributed by atoms with E-state index < -0.39 is 17.9 Å². The van der Waals surface area contributed by atoms with Crippen LogP contribution >= 0.6 is 0 Å². The molecule has 0 saturated carbocycles. The van der Waals surface area contributed by atoms with Gasteiger partial charge in [-0.05, 0) is 30.2 Å². The highest BCUT2D eigenvalue weighted by Crippen LogP contribution is 2.28. The lowest BCUT2D eigenvalue weighted by Gasteiger charge is -2.29. The molecule has 0 aromatic heterocycles. The Labute approximate surface area is 146 Å². The summed E-state index contributed by atoms with van der Waals surface area (Å²) in [6.45, 7) is 3.81. The van der Waals surface area contributed by atoms with Crippen molar-refractivity contribution in [1.82, 2.24) is 4.90 Å². The molecule has 3 rings (SSSR count). The molecule has 0 aliphatic carbocycles. The molecule has 2 atom stereocenters. The van der Waals surface area contributed by atoms with Crippen molar-refractivity contribution in [2.75, 3.05) is 5.32 Å². The lowest BCUT2D eigenvalue weighted by molar-refractivity contribution is -0.121. The molecule has 25 heavy (non-hydrogen) atoms. The van der Waals surface area contributed by atoms with Crippen LogP contribution in [0.25, 0.3) is 0 Å². The van der Waals surface area contributed by atoms with Crippen LogP contribution in [0.15, 0.2) is 54.6 Å². The lowest BCUT2D eigenvalue weighted by Crippen LogP contribution is -2.50. The quantitative estimate of drug-likeness (QED) is 0.852. The Morgan fingerprint density at radius 1 is 0.960 bits per heavy atom. The Bertz CT molecular complexity index is 782. The van der Waals surface area contributed by atoms with E-state index in [1.807, 2.05) is 32.0 Å². The zero-order valence-corrected chi connectivity index (χ0v) is 14.2. The number of anilines is 1. The van der Waals surface area contributed by atoms with Crippen molar-refractivity contribution in [1.29, 1.82) is 0 Å². The number of carbonyl (C=O) groups excluding carboxylic acids is 3. The summed E-state index contributed by atoms with van der Waals surface area (Å²) >= 11 is 0. The van der Waals surface area contributed by atoms with E-state index in [4.69, 9.17) is 0 Å². The first-order valence-electron chi connectivity index (χ1n) is 8.37. The van der Waals surface area contributed by atoms with Gasteiger partial charge in [0.05, 0.1) is 11.1 Å². The number of hydrogen-bond donors (Lipinski definition) is 1. The predicted molar refractivity (Wildman–Crippen MR) is 95.3 cm³/mol. The van der Waals surface area contributed by atoms with Crippen LogP contribution in [0.1, 0.15) is 41.0 Å². The minimum Gasteiger partial charge on any atom is -0.324 e. The molecule has 0 fully saturated rings. The second-order valence-electron chi connectivity index (χ2n) is 6.21. The third-order valence-electron chi connectivity index (χ3n) is 4.60. The molecule has 0 unspecified atom stereocenters. The molecule has 0 radical (unpaired) electrons. The van der Waals surface area contributed by atoms with Gasteiger partial charge >= 0.3 is 0 Å². The SMILES string of the molecule is CC[C@H](C)[C@@H](C(=O)Nc1ccccc1)N1C(=O)c2ccccc2C1=O. The number of rotatable bonds is 5. The van der Waals surface area contributed by atoms with E-state index in [1.54, 1.807) is 36.4 Å². The third-order valence-corrected chi connectivity index (χ3v) is 4.60. The Morgan fingerprint density at radius 2 is 1.48 bits per heavy atom. The Morgan fingerprint density at radius 3 is 2.00 bits per heavy atom. The number of para-hydroxylation sites is 1. The average molecular weight is 336 g/mol. The van der Waals surface area contributed by atoms with E-state index >= 15 is 0 Å². The van der Waals surface area contributed by atoms with Crippen molar-refractivity contribution in [3.05, 3.63) is 65.7 Å². The molecule has 1 aliphatic rings. The highest BCUT2D eigenvalue weighted by molar-refractivity contribution is 6.23. The molecule has 1 N–H and O–H groups in total. The van der Waals surface area contributed by atoms with Gasteiger partial charge in [0.15, 0.2) is 0 Å². The monoisotopic (exact) mass is 336 g/mol. The number of benzene rings is 2. The molecule has 2 aromatic carbocycles. The molecule has 1 aliphatic heterocycles. The highest BCUT2D eigenvalue weighted by Gasteiger charge is 2.44. The summed E-state index contributed by atoms with van der Waals surface area (Å²) in [6, 6.07) is 14.9. The Kier molecular flexibility index (Phi) is 4.65. The fourth-order valence-corrected chi connectivity index (χ4v) is 3.05. The maximum absolute atomic E-state index is 12.9. The number of imide groups is 1. The molecule has 1 heterocycles. The van der Waals surface area contributed by atoms with Gasteiger partial charge in [-0.25, -0.2) is 0 Å². The molecule has 0 spiro atoms. The summed E-state index contributed by atoms with van der Waals surface area (Å²) < 4.78 is 0. The number of amides is 3. The van der Waals surface area contributed by atoms with Gasteiger partial charge in [-0.3, -0.25) is 19.3 Å². The number of carbonyl (C=O) groups is 3. The number of nitrogens with one attached hydrogen (secondary N) is 1. The minimum absolute atomic E-state index is 0.161. The van der Waals surface area contributed by atoms with Crippen LogP contribution in [-0.4, -0.2) is 28.7 Å². The summed E-state index contributed by atoms with van der Waals surface area (Å²) in [5.41, 5.74) is 1.35. The average Bonchev–Trinajstić information content (AvgIpc) is 2.88. The lowest BCUT2D eigenvalue weighted by atomic mass is 9.96. The number of nitrogens with zero attached hydrogens (tertiary/aromatic N) is 1. The molecule has 0 bridgehead atoms. The van der Waals surface area contributed by atoms with Crippen LogP contribution in [0.2, 0.25) is 0 Å². The molecule has 5 nitrogen and oxygen atoms in total. The van der Waals surface area contributed by atoms with Gasteiger partial charge in [-0.2, -0.15) is 0 Å². The maximum Gasteiger partial charge on any atom is 0.262 e. The summed E-state index contributed by atoms with van der Waals surface area (Å²) in [5.74, 6) is -1.33. The number of hydrogen-bond acceptors (Lipinski definition) is 3. The van der Waals surface area contributed by atoms with Crippen LogP contribution in [0.3, 0.4) is 0 Å². The summed E-state index contributed by atoms with van der Waals surface area (Å²) in [5, 5.41) is 2.82. The molecular formula is C20H20N2O3. The van der Waals surface area contributed by atoms with E-state index in [1.165, 1.54) is 0 Å². The topological polar surface area (TPSA) is 66.5 Å². The molecule has 128 valence electrons. The van der Waals surface area contributed by atoms with Gasteiger partial charge in [0.2, 0.25) is 5.91 Å². The van der Waals surface area contributed by atoms with E-state index in [0.29, 0.717) is 23.2 Å². The zero-order chi connectivity index (χ0) is 18.0. The standard InChI is InChI=1S/C20H20N2O3/c1-3-13(2)17(18(23)21-14-9-5-4-6-10-14)22-19(24)15-11-7-8-12-16(15)20(22)25/h4-13,17H,3H2,1-2H3,(H,21,23)/t13-,17-/m0/s1. The third kappa shape index (κ3) is 3.05. The van der Waals surface area contributed by atoms with Crippen molar-refractivity contribution >= 4 is 23.4 Å². The first-order chi connectivity index (χ1) is 12.0. The van der Waals surface area contributed by atoms with Gasteiger partial charge < -0.3 is 5.32 Å². The minimum atomic E-state index is -0.849. The summed E-state index contributed by atoms with van der Waals surface area (Å²) in [7, 11) is 0. The second-order valence-corrected chi connectivity index (χ2v) is 6.21. The van der Waals surface area contributed by atoms with Crippen molar-refractivity contribution < 1.29 is 14.4 Å².